The van der Waals surface area contributed by atoms with Gasteiger partial charge in [0.05, 0.1) is 10.9 Å². The number of amides is 1. The van der Waals surface area contributed by atoms with Crippen LogP contribution in [0, 0.1) is 0 Å². The molecular formula is C11H10N2O3. The first-order chi connectivity index (χ1) is 7.70. The van der Waals surface area contributed by atoms with Gasteiger partial charge in [0.2, 0.25) is 5.91 Å². The normalized spacial score (nSPS) is 10.3. The van der Waals surface area contributed by atoms with Gasteiger partial charge in [0.1, 0.15) is 0 Å². The number of aromatic nitrogens is 1. The van der Waals surface area contributed by atoms with E-state index < -0.39 is 5.63 Å². The molecule has 0 aliphatic heterocycles. The Labute approximate surface area is 91.1 Å². The Kier molecular flexibility index (Phi) is 2.68. The number of carbonyl (C=O) groups excluding carboxylic acids is 1. The molecule has 1 aromatic carbocycles. The molecule has 2 aromatic rings. The average molecular weight is 218 g/mol. The molecule has 16 heavy (non-hydrogen) atoms. The van der Waals surface area contributed by atoms with E-state index in [1.54, 1.807) is 31.2 Å². The lowest BCUT2D eigenvalue weighted by atomic mass is 10.2. The van der Waals surface area contributed by atoms with E-state index in [0.29, 0.717) is 17.3 Å². The van der Waals surface area contributed by atoms with Crippen molar-refractivity contribution in [1.29, 1.82) is 0 Å². The highest BCUT2D eigenvalue weighted by atomic mass is 16.4. The maximum absolute atomic E-state index is 11.5. The highest BCUT2D eigenvalue weighted by Crippen LogP contribution is 2.10. The van der Waals surface area contributed by atoms with Crippen molar-refractivity contribution in [1.82, 2.24) is 4.98 Å². The van der Waals surface area contributed by atoms with Crippen molar-refractivity contribution in [2.75, 3.05) is 5.32 Å². The summed E-state index contributed by atoms with van der Waals surface area (Å²) in [5, 5.41) is 2.81. The Morgan fingerprint density at radius 2 is 2.19 bits per heavy atom. The van der Waals surface area contributed by atoms with Crippen molar-refractivity contribution < 1.29 is 9.21 Å². The number of nitrogens with one attached hydrogen (secondary N) is 1. The molecule has 1 amide bonds. The lowest BCUT2D eigenvalue weighted by Crippen LogP contribution is -2.13. The van der Waals surface area contributed by atoms with Crippen molar-refractivity contribution in [2.45, 2.75) is 13.3 Å². The predicted molar refractivity (Wildman–Crippen MR) is 59.2 cm³/mol. The van der Waals surface area contributed by atoms with Crippen molar-refractivity contribution in [3.05, 3.63) is 34.7 Å². The van der Waals surface area contributed by atoms with Gasteiger partial charge in [-0.25, -0.2) is 4.79 Å². The zero-order chi connectivity index (χ0) is 11.5. The number of hydrogen-bond donors (Lipinski definition) is 1. The highest BCUT2D eigenvalue weighted by molar-refractivity contribution is 5.89. The molecule has 5 heteroatoms. The summed E-state index contributed by atoms with van der Waals surface area (Å²) in [6, 6.07) is 6.74. The number of benzene rings is 1. The Morgan fingerprint density at radius 1 is 1.44 bits per heavy atom. The second-order valence-electron chi connectivity index (χ2n) is 3.23. The van der Waals surface area contributed by atoms with E-state index >= 15 is 0 Å². The third kappa shape index (κ3) is 1.93. The van der Waals surface area contributed by atoms with Crippen molar-refractivity contribution in [3.63, 3.8) is 0 Å². The Bertz CT molecular complexity index is 589. The van der Waals surface area contributed by atoms with Gasteiger partial charge in [-0.15, -0.1) is 0 Å². The number of rotatable bonds is 2. The first-order valence-electron chi connectivity index (χ1n) is 4.90. The minimum absolute atomic E-state index is 0.0597. The fourth-order valence-electron chi connectivity index (χ4n) is 1.28. The van der Waals surface area contributed by atoms with Gasteiger partial charge in [-0.05, 0) is 12.1 Å². The fraction of sp³-hybridized carbons (Fsp3) is 0.182. The third-order valence-corrected chi connectivity index (χ3v) is 2.10. The second-order valence-corrected chi connectivity index (χ2v) is 3.23. The summed E-state index contributed by atoms with van der Waals surface area (Å²) in [5.74, 6) is -0.245. The van der Waals surface area contributed by atoms with Gasteiger partial charge < -0.3 is 4.42 Å². The first-order valence-corrected chi connectivity index (χ1v) is 4.90. The van der Waals surface area contributed by atoms with Crippen LogP contribution in [-0.4, -0.2) is 10.9 Å². The third-order valence-electron chi connectivity index (χ3n) is 2.10. The molecular weight excluding hydrogens is 208 g/mol. The largest absolute Gasteiger partial charge is 0.388 e. The SMILES string of the molecule is CCC(=O)Nc1nc2ccccc2c(=O)o1. The molecule has 0 saturated carbocycles. The molecule has 0 radical (unpaired) electrons. The van der Waals surface area contributed by atoms with Crippen LogP contribution in [-0.2, 0) is 4.79 Å². The van der Waals surface area contributed by atoms with Crippen molar-refractivity contribution in [3.8, 4) is 0 Å². The molecule has 1 aromatic heterocycles. The van der Waals surface area contributed by atoms with E-state index in [4.69, 9.17) is 4.42 Å². The van der Waals surface area contributed by atoms with Crippen LogP contribution in [0.5, 0.6) is 0 Å². The van der Waals surface area contributed by atoms with E-state index in [-0.39, 0.29) is 11.9 Å². The van der Waals surface area contributed by atoms with Crippen molar-refractivity contribution >= 4 is 22.8 Å². The van der Waals surface area contributed by atoms with Crippen molar-refractivity contribution in [2.24, 2.45) is 0 Å². The van der Waals surface area contributed by atoms with Crippen LogP contribution >= 0.6 is 0 Å². The number of carbonyl (C=O) groups is 1. The molecule has 0 spiro atoms. The van der Waals surface area contributed by atoms with Gasteiger partial charge in [0, 0.05) is 6.42 Å². The number of fused-ring (bicyclic) bond motifs is 1. The Hall–Kier alpha value is -2.17. The van der Waals surface area contributed by atoms with E-state index in [1.807, 2.05) is 0 Å². The molecule has 0 saturated heterocycles. The number of anilines is 1. The number of para-hydroxylation sites is 1. The van der Waals surface area contributed by atoms with Crippen LogP contribution < -0.4 is 10.9 Å². The van der Waals surface area contributed by atoms with Crippen LogP contribution in [0.2, 0.25) is 0 Å². The van der Waals surface area contributed by atoms with Crippen LogP contribution in [0.25, 0.3) is 10.9 Å². The fourth-order valence-corrected chi connectivity index (χ4v) is 1.28. The summed E-state index contributed by atoms with van der Waals surface area (Å²) in [7, 11) is 0. The zero-order valence-corrected chi connectivity index (χ0v) is 8.69. The predicted octanol–water partition coefficient (Wildman–Crippen LogP) is 1.54. The van der Waals surface area contributed by atoms with E-state index in [9.17, 15) is 9.59 Å². The maximum Gasteiger partial charge on any atom is 0.348 e. The van der Waals surface area contributed by atoms with Gasteiger partial charge in [-0.1, -0.05) is 19.1 Å². The standard InChI is InChI=1S/C11H10N2O3/c1-2-9(14)13-11-12-8-6-4-3-5-7(8)10(15)16-11/h3-6H,2H2,1H3,(H,12,13,14). The summed E-state index contributed by atoms with van der Waals surface area (Å²) in [6.07, 6.45) is 0.304. The van der Waals surface area contributed by atoms with E-state index in [2.05, 4.69) is 10.3 Å². The smallest absolute Gasteiger partial charge is 0.348 e. The van der Waals surface area contributed by atoms with Crippen LogP contribution in [0.15, 0.2) is 33.5 Å². The molecule has 82 valence electrons. The molecule has 0 atom stereocenters. The lowest BCUT2D eigenvalue weighted by molar-refractivity contribution is -0.116. The summed E-state index contributed by atoms with van der Waals surface area (Å²) in [4.78, 5) is 26.7. The quantitative estimate of drug-likeness (QED) is 0.829. The minimum atomic E-state index is -0.503. The van der Waals surface area contributed by atoms with E-state index in [1.165, 1.54) is 0 Å². The van der Waals surface area contributed by atoms with E-state index in [0.717, 1.165) is 0 Å². The van der Waals surface area contributed by atoms with Crippen LogP contribution in [0.1, 0.15) is 13.3 Å². The maximum atomic E-state index is 11.5. The van der Waals surface area contributed by atoms with Crippen LogP contribution in [0.4, 0.5) is 6.01 Å². The minimum Gasteiger partial charge on any atom is -0.388 e. The number of hydrogen-bond acceptors (Lipinski definition) is 4. The molecule has 1 N–H and O–H groups in total. The Morgan fingerprint density at radius 3 is 2.94 bits per heavy atom. The molecule has 1 heterocycles. The average Bonchev–Trinajstić information content (AvgIpc) is 2.29. The van der Waals surface area contributed by atoms with Gasteiger partial charge in [-0.2, -0.15) is 4.98 Å². The van der Waals surface area contributed by atoms with Gasteiger partial charge in [-0.3, -0.25) is 10.1 Å². The monoisotopic (exact) mass is 218 g/mol. The zero-order valence-electron chi connectivity index (χ0n) is 8.69. The van der Waals surface area contributed by atoms with Gasteiger partial charge in [0.25, 0.3) is 0 Å². The molecule has 2 rings (SSSR count). The lowest BCUT2D eigenvalue weighted by Gasteiger charge is -2.01. The molecule has 0 bridgehead atoms. The van der Waals surface area contributed by atoms with Gasteiger partial charge in [0.15, 0.2) is 0 Å². The van der Waals surface area contributed by atoms with Crippen LogP contribution in [0.3, 0.4) is 0 Å². The molecule has 0 fully saturated rings. The summed E-state index contributed by atoms with van der Waals surface area (Å²) < 4.78 is 4.86. The summed E-state index contributed by atoms with van der Waals surface area (Å²) in [6.45, 7) is 1.70. The highest BCUT2D eigenvalue weighted by Gasteiger charge is 2.07. The molecule has 0 aliphatic carbocycles. The topological polar surface area (TPSA) is 72.2 Å². The summed E-state index contributed by atoms with van der Waals surface area (Å²) in [5.41, 5.74) is 0.00200. The molecule has 5 nitrogen and oxygen atoms in total. The Balaban J connectivity index is 2.50. The molecule has 0 aliphatic rings. The second kappa shape index (κ2) is 4.14. The number of nitrogens with zero attached hydrogens (tertiary/aromatic N) is 1. The molecule has 0 unspecified atom stereocenters. The van der Waals surface area contributed by atoms with Gasteiger partial charge >= 0.3 is 11.6 Å². The first kappa shape index (κ1) is 10.4. The summed E-state index contributed by atoms with van der Waals surface area (Å²) >= 11 is 0.